The summed E-state index contributed by atoms with van der Waals surface area (Å²) >= 11 is 0. The summed E-state index contributed by atoms with van der Waals surface area (Å²) in [5, 5.41) is 0. The Kier molecular flexibility index (Phi) is 3.31. The third kappa shape index (κ3) is 2.75. The van der Waals surface area contributed by atoms with E-state index >= 15 is 0 Å². The fraction of sp³-hybridized carbons (Fsp3) is 0.538. The summed E-state index contributed by atoms with van der Waals surface area (Å²) in [6, 6.07) is 1.80. The van der Waals surface area contributed by atoms with E-state index in [-0.39, 0.29) is 0 Å². The van der Waals surface area contributed by atoms with E-state index in [1.54, 1.807) is 11.6 Å². The average molecular weight is 232 g/mol. The number of nitrogens with two attached hydrogens (primary N) is 1. The van der Waals surface area contributed by atoms with Crippen LogP contribution in [-0.2, 0) is 0 Å². The number of anilines is 2. The summed E-state index contributed by atoms with van der Waals surface area (Å²) in [4.78, 5) is 11.0. The number of aryl methyl sites for hydroxylation is 1. The van der Waals surface area contributed by atoms with Crippen molar-refractivity contribution in [2.75, 3.05) is 23.7 Å². The van der Waals surface area contributed by atoms with Crippen LogP contribution < -0.4 is 10.6 Å². The van der Waals surface area contributed by atoms with Crippen LogP contribution in [0.15, 0.2) is 17.2 Å². The third-order valence-corrected chi connectivity index (χ3v) is 3.22. The van der Waals surface area contributed by atoms with Crippen LogP contribution in [0.25, 0.3) is 0 Å². The molecule has 0 aliphatic carbocycles. The second kappa shape index (κ2) is 4.73. The lowest BCUT2D eigenvalue weighted by Crippen LogP contribution is -2.32. The van der Waals surface area contributed by atoms with Crippen molar-refractivity contribution in [1.29, 1.82) is 0 Å². The van der Waals surface area contributed by atoms with Gasteiger partial charge in [0.25, 0.3) is 0 Å². The second-order valence-electron chi connectivity index (χ2n) is 4.82. The van der Waals surface area contributed by atoms with Crippen molar-refractivity contribution in [2.45, 2.75) is 33.6 Å². The van der Waals surface area contributed by atoms with Crippen LogP contribution in [0, 0.1) is 6.92 Å². The van der Waals surface area contributed by atoms with E-state index in [1.807, 2.05) is 6.92 Å². The molecule has 1 aliphatic rings. The van der Waals surface area contributed by atoms with E-state index in [4.69, 9.17) is 5.73 Å². The molecular formula is C13H20N4. The van der Waals surface area contributed by atoms with Gasteiger partial charge in [-0.2, -0.15) is 4.98 Å². The van der Waals surface area contributed by atoms with Crippen molar-refractivity contribution < 1.29 is 0 Å². The molecule has 1 saturated heterocycles. The maximum atomic E-state index is 5.75. The maximum Gasteiger partial charge on any atom is 0.227 e. The number of piperidine rings is 1. The summed E-state index contributed by atoms with van der Waals surface area (Å²) < 4.78 is 0. The molecule has 2 rings (SSSR count). The molecule has 2 heterocycles. The Hall–Kier alpha value is -1.58. The molecule has 4 heteroatoms. The van der Waals surface area contributed by atoms with Crippen LogP contribution in [0.4, 0.5) is 11.8 Å². The first kappa shape index (κ1) is 11.9. The highest BCUT2D eigenvalue weighted by Crippen LogP contribution is 2.23. The largest absolute Gasteiger partial charge is 0.384 e. The number of allylic oxidation sites excluding steroid dienone is 1. The molecule has 0 radical (unpaired) electrons. The monoisotopic (exact) mass is 232 g/mol. The third-order valence-electron chi connectivity index (χ3n) is 3.22. The van der Waals surface area contributed by atoms with E-state index in [0.717, 1.165) is 37.6 Å². The normalized spacial score (nSPS) is 16.2. The molecule has 0 saturated carbocycles. The standard InChI is InChI=1S/C13H20N4/c1-9(2)11-4-6-17(7-5-11)13-15-10(3)8-12(14)16-13/h8H,4-7H2,1-3H3,(H2,14,15,16). The number of nitrogen functional groups attached to an aromatic ring is 1. The van der Waals surface area contributed by atoms with Crippen LogP contribution >= 0.6 is 0 Å². The number of hydrogen-bond donors (Lipinski definition) is 1. The quantitative estimate of drug-likeness (QED) is 0.755. The second-order valence-corrected chi connectivity index (χ2v) is 4.82. The van der Waals surface area contributed by atoms with Gasteiger partial charge in [-0.3, -0.25) is 0 Å². The molecule has 17 heavy (non-hydrogen) atoms. The Morgan fingerprint density at radius 3 is 2.41 bits per heavy atom. The van der Waals surface area contributed by atoms with Gasteiger partial charge in [-0.15, -0.1) is 0 Å². The Morgan fingerprint density at radius 1 is 1.24 bits per heavy atom. The van der Waals surface area contributed by atoms with Crippen LogP contribution in [0.5, 0.6) is 0 Å². The molecule has 4 nitrogen and oxygen atoms in total. The van der Waals surface area contributed by atoms with E-state index in [1.165, 1.54) is 5.57 Å². The number of nitrogens with zero attached hydrogens (tertiary/aromatic N) is 3. The van der Waals surface area contributed by atoms with Gasteiger partial charge in [0.2, 0.25) is 5.95 Å². The summed E-state index contributed by atoms with van der Waals surface area (Å²) in [6.07, 6.45) is 2.22. The number of hydrogen-bond acceptors (Lipinski definition) is 4. The first-order valence-corrected chi connectivity index (χ1v) is 6.07. The van der Waals surface area contributed by atoms with Crippen LogP contribution in [0.1, 0.15) is 32.4 Å². The summed E-state index contributed by atoms with van der Waals surface area (Å²) in [5.41, 5.74) is 9.71. The molecule has 0 aromatic carbocycles. The highest BCUT2D eigenvalue weighted by Gasteiger charge is 2.17. The van der Waals surface area contributed by atoms with E-state index in [2.05, 4.69) is 28.7 Å². The van der Waals surface area contributed by atoms with Crippen LogP contribution in [0.3, 0.4) is 0 Å². The van der Waals surface area contributed by atoms with Crippen molar-refractivity contribution in [2.24, 2.45) is 0 Å². The number of rotatable bonds is 1. The van der Waals surface area contributed by atoms with Crippen LogP contribution in [0.2, 0.25) is 0 Å². The van der Waals surface area contributed by atoms with Crippen molar-refractivity contribution in [3.05, 3.63) is 22.9 Å². The van der Waals surface area contributed by atoms with Gasteiger partial charge in [-0.1, -0.05) is 11.1 Å². The SMILES string of the molecule is CC(C)=C1CCN(c2nc(C)cc(N)n2)CC1. The maximum absolute atomic E-state index is 5.75. The molecule has 0 bridgehead atoms. The summed E-state index contributed by atoms with van der Waals surface area (Å²) in [6.45, 7) is 8.30. The average Bonchev–Trinajstić information content (AvgIpc) is 2.28. The highest BCUT2D eigenvalue weighted by molar-refractivity contribution is 5.41. The highest BCUT2D eigenvalue weighted by atomic mass is 15.3. The Morgan fingerprint density at radius 2 is 1.88 bits per heavy atom. The molecule has 1 aliphatic heterocycles. The van der Waals surface area contributed by atoms with Crippen molar-refractivity contribution in [1.82, 2.24) is 9.97 Å². The minimum atomic E-state index is 0.556. The molecule has 1 aromatic rings. The first-order valence-electron chi connectivity index (χ1n) is 6.07. The molecule has 1 aromatic heterocycles. The molecule has 0 amide bonds. The molecule has 1 fully saturated rings. The number of aromatic nitrogens is 2. The molecule has 0 spiro atoms. The fourth-order valence-electron chi connectivity index (χ4n) is 2.19. The van der Waals surface area contributed by atoms with Crippen LogP contribution in [-0.4, -0.2) is 23.1 Å². The Bertz CT molecular complexity index is 416. The zero-order chi connectivity index (χ0) is 12.4. The van der Waals surface area contributed by atoms with Crippen molar-refractivity contribution >= 4 is 11.8 Å². The van der Waals surface area contributed by atoms with Crippen molar-refractivity contribution in [3.8, 4) is 0 Å². The predicted molar refractivity (Wildman–Crippen MR) is 71.0 cm³/mol. The van der Waals surface area contributed by atoms with Gasteiger partial charge in [-0.25, -0.2) is 4.98 Å². The lowest BCUT2D eigenvalue weighted by atomic mass is 10.00. The lowest BCUT2D eigenvalue weighted by Gasteiger charge is -2.29. The van der Waals surface area contributed by atoms with E-state index in [9.17, 15) is 0 Å². The zero-order valence-corrected chi connectivity index (χ0v) is 10.8. The summed E-state index contributed by atoms with van der Waals surface area (Å²) in [5.74, 6) is 1.33. The predicted octanol–water partition coefficient (Wildman–Crippen LogP) is 2.30. The van der Waals surface area contributed by atoms with Gasteiger partial charge < -0.3 is 10.6 Å². The molecule has 2 N–H and O–H groups in total. The topological polar surface area (TPSA) is 55.0 Å². The van der Waals surface area contributed by atoms with Gasteiger partial charge in [0, 0.05) is 24.8 Å². The fourth-order valence-corrected chi connectivity index (χ4v) is 2.19. The van der Waals surface area contributed by atoms with Gasteiger partial charge in [-0.05, 0) is 33.6 Å². The smallest absolute Gasteiger partial charge is 0.227 e. The Balaban J connectivity index is 2.13. The van der Waals surface area contributed by atoms with E-state index in [0.29, 0.717) is 5.82 Å². The summed E-state index contributed by atoms with van der Waals surface area (Å²) in [7, 11) is 0. The molecule has 0 unspecified atom stereocenters. The Labute approximate surface area is 103 Å². The van der Waals surface area contributed by atoms with Gasteiger partial charge in [0.15, 0.2) is 0 Å². The minimum absolute atomic E-state index is 0.556. The van der Waals surface area contributed by atoms with E-state index < -0.39 is 0 Å². The molecule has 92 valence electrons. The van der Waals surface area contributed by atoms with Gasteiger partial charge in [0.05, 0.1) is 0 Å². The first-order chi connectivity index (χ1) is 8.06. The zero-order valence-electron chi connectivity index (χ0n) is 10.8. The van der Waals surface area contributed by atoms with Crippen molar-refractivity contribution in [3.63, 3.8) is 0 Å². The van der Waals surface area contributed by atoms with Gasteiger partial charge in [0.1, 0.15) is 5.82 Å². The molecular weight excluding hydrogens is 212 g/mol. The molecule has 0 atom stereocenters. The minimum Gasteiger partial charge on any atom is -0.384 e. The van der Waals surface area contributed by atoms with Gasteiger partial charge >= 0.3 is 0 Å². The lowest BCUT2D eigenvalue weighted by molar-refractivity contribution is 0.660.